The van der Waals surface area contributed by atoms with Crippen molar-refractivity contribution in [1.29, 1.82) is 5.41 Å². The van der Waals surface area contributed by atoms with E-state index < -0.39 is 12.7 Å². The van der Waals surface area contributed by atoms with Crippen LogP contribution in [0.5, 0.6) is 0 Å². The van der Waals surface area contributed by atoms with E-state index in [0.717, 1.165) is 11.1 Å². The lowest BCUT2D eigenvalue weighted by Crippen LogP contribution is -2.42. The molecule has 0 saturated carbocycles. The average molecular weight is 422 g/mol. The van der Waals surface area contributed by atoms with Crippen LogP contribution in [-0.2, 0) is 4.79 Å². The predicted octanol–water partition coefficient (Wildman–Crippen LogP) is 2.73. The molecule has 1 aliphatic heterocycles. The minimum Gasteiger partial charge on any atom is -0.404 e. The molecule has 1 amide bonds. The second-order valence-electron chi connectivity index (χ2n) is 6.70. The molecule has 1 aromatic carbocycles. The normalized spacial score (nSPS) is 15.5. The molecule has 0 bridgehead atoms. The fraction of sp³-hybridized carbons (Fsp3) is 0.350. The lowest BCUT2D eigenvalue weighted by Gasteiger charge is -2.31. The van der Waals surface area contributed by atoms with Gasteiger partial charge in [-0.05, 0) is 17.7 Å². The molecule has 162 valence electrons. The quantitative estimate of drug-likeness (QED) is 0.418. The highest BCUT2D eigenvalue weighted by Crippen LogP contribution is 2.22. The monoisotopic (exact) mass is 422 g/mol. The van der Waals surface area contributed by atoms with Gasteiger partial charge in [0, 0.05) is 61.9 Å². The lowest BCUT2D eigenvalue weighted by molar-refractivity contribution is -0.129. The zero-order valence-electron chi connectivity index (χ0n) is 16.8. The number of carbonyl (C=O) groups is 1. The van der Waals surface area contributed by atoms with Crippen LogP contribution in [0.2, 0.25) is 0 Å². The summed E-state index contributed by atoms with van der Waals surface area (Å²) >= 11 is 0. The molecule has 2 rings (SSSR count). The summed E-state index contributed by atoms with van der Waals surface area (Å²) in [4.78, 5) is 17.1. The van der Waals surface area contributed by atoms with E-state index in [1.165, 1.54) is 18.0 Å². The molecule has 1 aliphatic rings. The molecule has 1 aromatic rings. The molecule has 5 N–H and O–H groups in total. The number of halogens is 3. The Labute approximate surface area is 173 Å². The Balaban J connectivity index is 2.21. The van der Waals surface area contributed by atoms with E-state index >= 15 is 0 Å². The van der Waals surface area contributed by atoms with Gasteiger partial charge in [0.15, 0.2) is 0 Å². The molecular formula is C20H25F3N6O. The largest absolute Gasteiger partial charge is 0.405 e. The number of hydrogen-bond acceptors (Lipinski definition) is 5. The van der Waals surface area contributed by atoms with Crippen LogP contribution in [-0.4, -0.2) is 55.7 Å². The van der Waals surface area contributed by atoms with Gasteiger partial charge in [0.1, 0.15) is 12.4 Å². The average Bonchev–Trinajstić information content (AvgIpc) is 2.70. The van der Waals surface area contributed by atoms with Gasteiger partial charge in [0.25, 0.3) is 0 Å². The molecular weight excluding hydrogens is 397 g/mol. The van der Waals surface area contributed by atoms with Crippen molar-refractivity contribution in [2.24, 2.45) is 10.7 Å². The summed E-state index contributed by atoms with van der Waals surface area (Å²) < 4.78 is 37.9. The number of aliphatic imine (C=N–C) groups is 1. The van der Waals surface area contributed by atoms with Crippen molar-refractivity contribution in [2.75, 3.05) is 32.0 Å². The number of amidine groups is 1. The molecule has 0 aliphatic carbocycles. The van der Waals surface area contributed by atoms with Crippen molar-refractivity contribution in [2.45, 2.75) is 19.5 Å². The fourth-order valence-corrected chi connectivity index (χ4v) is 2.98. The summed E-state index contributed by atoms with van der Waals surface area (Å²) in [5.41, 5.74) is 8.36. The first-order valence-electron chi connectivity index (χ1n) is 9.23. The number of nitrogens with zero attached hydrogens (tertiary/aromatic N) is 2. The number of nitrogens with one attached hydrogen (secondary N) is 3. The zero-order valence-corrected chi connectivity index (χ0v) is 16.8. The van der Waals surface area contributed by atoms with Crippen LogP contribution in [0.1, 0.15) is 18.9 Å². The summed E-state index contributed by atoms with van der Waals surface area (Å²) in [5, 5.41) is 13.7. The van der Waals surface area contributed by atoms with Crippen LogP contribution in [0, 0.1) is 5.41 Å². The highest BCUT2D eigenvalue weighted by Gasteiger charge is 2.30. The molecule has 0 radical (unpaired) electrons. The highest BCUT2D eigenvalue weighted by atomic mass is 19.4. The van der Waals surface area contributed by atoms with E-state index in [1.807, 2.05) is 0 Å². The van der Waals surface area contributed by atoms with Crippen molar-refractivity contribution in [1.82, 2.24) is 10.2 Å². The van der Waals surface area contributed by atoms with Crippen molar-refractivity contribution >= 4 is 29.2 Å². The molecule has 0 saturated heterocycles. The SMILES string of the molecule is C/N=C/C(=C\N)c1ccc(NC(=N)C2=C(NCC(F)(F)F)CCN(C(C)=O)C2)cc1. The van der Waals surface area contributed by atoms with Crippen LogP contribution >= 0.6 is 0 Å². The van der Waals surface area contributed by atoms with Crippen LogP contribution in [0.4, 0.5) is 18.9 Å². The molecule has 0 unspecified atom stereocenters. The van der Waals surface area contributed by atoms with Gasteiger partial charge >= 0.3 is 6.18 Å². The Morgan fingerprint density at radius 3 is 2.53 bits per heavy atom. The summed E-state index contributed by atoms with van der Waals surface area (Å²) in [6, 6.07) is 7.03. The molecule has 0 fully saturated rings. The number of allylic oxidation sites excluding steroid dienone is 1. The van der Waals surface area contributed by atoms with Gasteiger partial charge in [0.2, 0.25) is 5.91 Å². The van der Waals surface area contributed by atoms with Crippen LogP contribution in [0.3, 0.4) is 0 Å². The zero-order chi connectivity index (χ0) is 22.3. The molecule has 0 aromatic heterocycles. The minimum atomic E-state index is -4.38. The molecule has 10 heteroatoms. The Morgan fingerprint density at radius 1 is 1.33 bits per heavy atom. The molecule has 0 atom stereocenters. The topological polar surface area (TPSA) is 107 Å². The number of nitrogens with two attached hydrogens (primary N) is 1. The molecule has 30 heavy (non-hydrogen) atoms. The van der Waals surface area contributed by atoms with E-state index in [2.05, 4.69) is 15.6 Å². The van der Waals surface area contributed by atoms with E-state index in [-0.39, 0.29) is 24.7 Å². The summed E-state index contributed by atoms with van der Waals surface area (Å²) in [5.74, 6) is -0.263. The molecule has 1 heterocycles. The van der Waals surface area contributed by atoms with Gasteiger partial charge in [0.05, 0.1) is 6.54 Å². The van der Waals surface area contributed by atoms with Crippen LogP contribution < -0.4 is 16.4 Å². The van der Waals surface area contributed by atoms with Crippen LogP contribution in [0.25, 0.3) is 5.57 Å². The Bertz CT molecular complexity index is 872. The summed E-state index contributed by atoms with van der Waals surface area (Å²) in [6.45, 7) is 0.561. The summed E-state index contributed by atoms with van der Waals surface area (Å²) in [6.07, 6.45) is -1.11. The van der Waals surface area contributed by atoms with Crippen molar-refractivity contribution in [3.8, 4) is 0 Å². The van der Waals surface area contributed by atoms with Crippen molar-refractivity contribution < 1.29 is 18.0 Å². The Morgan fingerprint density at radius 2 is 2.00 bits per heavy atom. The standard InChI is InChI=1S/C20H25F3N6O/c1-13(30)29-8-7-18(27-12-20(21,22)23)17(11-29)19(25)28-16-5-3-14(4-6-16)15(9-24)10-26-2/h3-6,9-10,27H,7-8,11-12,24H2,1-2H3,(H2,25,28)/b15-9+,26-10+. The maximum absolute atomic E-state index is 12.6. The number of amides is 1. The van der Waals surface area contributed by atoms with Crippen LogP contribution in [0.15, 0.2) is 46.7 Å². The first-order valence-corrected chi connectivity index (χ1v) is 9.23. The number of hydrogen-bond donors (Lipinski definition) is 4. The van der Waals surface area contributed by atoms with E-state index in [9.17, 15) is 18.0 Å². The second kappa shape index (κ2) is 9.95. The number of anilines is 1. The van der Waals surface area contributed by atoms with Gasteiger partial charge < -0.3 is 21.3 Å². The van der Waals surface area contributed by atoms with E-state index in [1.54, 1.807) is 37.5 Å². The van der Waals surface area contributed by atoms with Gasteiger partial charge in [-0.25, -0.2) is 0 Å². The minimum absolute atomic E-state index is 0.0620. The van der Waals surface area contributed by atoms with Crippen molar-refractivity contribution in [3.63, 3.8) is 0 Å². The first kappa shape index (κ1) is 23.0. The third kappa shape index (κ3) is 6.36. The third-order valence-corrected chi connectivity index (χ3v) is 4.53. The number of rotatable bonds is 6. The smallest absolute Gasteiger partial charge is 0.404 e. The summed E-state index contributed by atoms with van der Waals surface area (Å²) in [7, 11) is 1.63. The first-order chi connectivity index (χ1) is 14.1. The maximum Gasteiger partial charge on any atom is 0.405 e. The fourth-order valence-electron chi connectivity index (χ4n) is 2.98. The van der Waals surface area contributed by atoms with Gasteiger partial charge in [-0.15, -0.1) is 0 Å². The van der Waals surface area contributed by atoms with Crippen molar-refractivity contribution in [3.05, 3.63) is 47.3 Å². The predicted molar refractivity (Wildman–Crippen MR) is 112 cm³/mol. The maximum atomic E-state index is 12.6. The van der Waals surface area contributed by atoms with Gasteiger partial charge in [-0.1, -0.05) is 12.1 Å². The number of benzene rings is 1. The van der Waals surface area contributed by atoms with E-state index in [0.29, 0.717) is 23.5 Å². The van der Waals surface area contributed by atoms with E-state index in [4.69, 9.17) is 11.1 Å². The molecule has 7 nitrogen and oxygen atoms in total. The second-order valence-corrected chi connectivity index (χ2v) is 6.70. The Hall–Kier alpha value is -3.30. The van der Waals surface area contributed by atoms with Gasteiger partial charge in [-0.2, -0.15) is 13.2 Å². The number of carbonyl (C=O) groups excluding carboxylic acids is 1. The number of alkyl halides is 3. The molecule has 0 spiro atoms. The Kier molecular flexibility index (Phi) is 7.62. The van der Waals surface area contributed by atoms with Gasteiger partial charge in [-0.3, -0.25) is 15.2 Å². The lowest BCUT2D eigenvalue weighted by atomic mass is 10.0. The third-order valence-electron chi connectivity index (χ3n) is 4.53. The highest BCUT2D eigenvalue weighted by molar-refractivity contribution is 6.10.